The Hall–Kier alpha value is -1.93. The van der Waals surface area contributed by atoms with Gasteiger partial charge in [0, 0.05) is 51.3 Å². The second-order valence-electron chi connectivity index (χ2n) is 7.40. The lowest BCUT2D eigenvalue weighted by Gasteiger charge is -2.25. The summed E-state index contributed by atoms with van der Waals surface area (Å²) < 4.78 is 0. The van der Waals surface area contributed by atoms with Crippen molar-refractivity contribution >= 4 is 17.7 Å². The van der Waals surface area contributed by atoms with E-state index in [1.54, 1.807) is 0 Å². The molecule has 3 aliphatic rings. The lowest BCUT2D eigenvalue weighted by molar-refractivity contribution is -0.148. The molecule has 8 nitrogen and oxygen atoms in total. The van der Waals surface area contributed by atoms with Gasteiger partial charge in [-0.3, -0.25) is 9.69 Å². The maximum absolute atomic E-state index is 12.1. The first-order valence-corrected chi connectivity index (χ1v) is 8.96. The number of aliphatic hydroxyl groups excluding tert-OH is 1. The number of aromatic nitrogens is 2. The highest BCUT2D eigenvalue weighted by Gasteiger charge is 2.58. The summed E-state index contributed by atoms with van der Waals surface area (Å²) in [6.45, 7) is 2.85. The first-order chi connectivity index (χ1) is 12.1. The van der Waals surface area contributed by atoms with Gasteiger partial charge in [0.1, 0.15) is 11.2 Å². The first-order valence-electron chi connectivity index (χ1n) is 8.96. The highest BCUT2D eigenvalue weighted by Crippen LogP contribution is 2.44. The summed E-state index contributed by atoms with van der Waals surface area (Å²) in [5.41, 5.74) is 1.50. The number of fused-ring (bicyclic) bond motifs is 2. The molecule has 2 saturated heterocycles. The number of rotatable bonds is 5. The number of nitrogens with zero attached hydrogens (tertiary/aromatic N) is 4. The Bertz CT molecular complexity index is 697. The zero-order valence-electron chi connectivity index (χ0n) is 14.5. The van der Waals surface area contributed by atoms with Gasteiger partial charge in [-0.2, -0.15) is 4.98 Å². The van der Waals surface area contributed by atoms with Crippen molar-refractivity contribution in [1.82, 2.24) is 14.9 Å². The van der Waals surface area contributed by atoms with E-state index in [-0.39, 0.29) is 12.5 Å². The number of aryl methyl sites for hydroxylation is 1. The minimum atomic E-state index is -0.794. The number of carboxylic acid groups (broad SMARTS) is 1. The van der Waals surface area contributed by atoms with Crippen LogP contribution < -0.4 is 10.2 Å². The van der Waals surface area contributed by atoms with E-state index in [4.69, 9.17) is 10.1 Å². The fourth-order valence-corrected chi connectivity index (χ4v) is 4.70. The van der Waals surface area contributed by atoms with Gasteiger partial charge in [-0.15, -0.1) is 0 Å². The van der Waals surface area contributed by atoms with E-state index in [1.165, 1.54) is 5.56 Å². The SMILES string of the molecule is CNc1nc(N2C[C@H]3CN(CCO)C[C@@]3(C(=O)O)C2)nc2c1CCC2. The third kappa shape index (κ3) is 2.55. The molecule has 0 saturated carbocycles. The van der Waals surface area contributed by atoms with Crippen LogP contribution >= 0.6 is 0 Å². The zero-order valence-corrected chi connectivity index (χ0v) is 14.5. The summed E-state index contributed by atoms with van der Waals surface area (Å²) in [5.74, 6) is 0.802. The lowest BCUT2D eigenvalue weighted by atomic mass is 9.81. The molecule has 3 heterocycles. The van der Waals surface area contributed by atoms with Crippen LogP contribution in [0.2, 0.25) is 0 Å². The Kier molecular flexibility index (Phi) is 4.04. The molecule has 0 bridgehead atoms. The number of hydrogen-bond acceptors (Lipinski definition) is 7. The van der Waals surface area contributed by atoms with E-state index in [9.17, 15) is 9.90 Å². The van der Waals surface area contributed by atoms with Crippen LogP contribution in [0.4, 0.5) is 11.8 Å². The van der Waals surface area contributed by atoms with Gasteiger partial charge >= 0.3 is 5.97 Å². The van der Waals surface area contributed by atoms with Crippen molar-refractivity contribution in [3.05, 3.63) is 11.3 Å². The van der Waals surface area contributed by atoms with Crippen molar-refractivity contribution in [2.75, 3.05) is 56.6 Å². The molecule has 8 heteroatoms. The number of hydrogen-bond donors (Lipinski definition) is 3. The predicted octanol–water partition coefficient (Wildman–Crippen LogP) is -0.178. The largest absolute Gasteiger partial charge is 0.481 e. The number of carbonyl (C=O) groups is 1. The number of β-amino-alcohol motifs (C(OH)–C–C–N with tert-alkyl or cyclic N) is 1. The van der Waals surface area contributed by atoms with Crippen LogP contribution in [0.1, 0.15) is 17.7 Å². The first kappa shape index (κ1) is 16.5. The van der Waals surface area contributed by atoms with E-state index in [2.05, 4.69) is 15.2 Å². The van der Waals surface area contributed by atoms with Gasteiger partial charge in [-0.1, -0.05) is 0 Å². The Balaban J connectivity index is 1.62. The molecule has 0 aromatic carbocycles. The highest BCUT2D eigenvalue weighted by molar-refractivity contribution is 5.78. The average molecular weight is 347 g/mol. The van der Waals surface area contributed by atoms with E-state index in [0.29, 0.717) is 38.7 Å². The van der Waals surface area contributed by atoms with E-state index in [0.717, 1.165) is 30.8 Å². The summed E-state index contributed by atoms with van der Waals surface area (Å²) >= 11 is 0. The summed E-state index contributed by atoms with van der Waals surface area (Å²) in [5, 5.41) is 22.2. The van der Waals surface area contributed by atoms with Crippen molar-refractivity contribution in [2.45, 2.75) is 19.3 Å². The molecular formula is C17H25N5O3. The molecule has 0 amide bonds. The van der Waals surface area contributed by atoms with Crippen molar-refractivity contribution in [2.24, 2.45) is 11.3 Å². The molecule has 1 aromatic heterocycles. The second-order valence-corrected chi connectivity index (χ2v) is 7.40. The molecule has 4 rings (SSSR count). The molecule has 136 valence electrons. The molecule has 0 unspecified atom stereocenters. The monoisotopic (exact) mass is 347 g/mol. The van der Waals surface area contributed by atoms with Gasteiger partial charge in [0.25, 0.3) is 0 Å². The van der Waals surface area contributed by atoms with Crippen LogP contribution in [0.15, 0.2) is 0 Å². The maximum atomic E-state index is 12.1. The molecule has 1 aliphatic carbocycles. The van der Waals surface area contributed by atoms with Gasteiger partial charge in [-0.25, -0.2) is 4.98 Å². The van der Waals surface area contributed by atoms with Gasteiger partial charge in [0.2, 0.25) is 5.95 Å². The normalized spacial score (nSPS) is 28.2. The Labute approximate surface area is 146 Å². The molecule has 1 aromatic rings. The van der Waals surface area contributed by atoms with Crippen LogP contribution in [0.25, 0.3) is 0 Å². The number of likely N-dealkylation sites (tertiary alicyclic amines) is 1. The average Bonchev–Trinajstić information content (AvgIpc) is 3.25. The molecule has 3 N–H and O–H groups in total. The van der Waals surface area contributed by atoms with Crippen LogP contribution in [0, 0.1) is 11.3 Å². The molecule has 2 atom stereocenters. The number of anilines is 2. The van der Waals surface area contributed by atoms with E-state index < -0.39 is 11.4 Å². The van der Waals surface area contributed by atoms with E-state index in [1.807, 2.05) is 11.9 Å². The van der Waals surface area contributed by atoms with Crippen LogP contribution in [0.5, 0.6) is 0 Å². The van der Waals surface area contributed by atoms with Gasteiger partial charge in [-0.05, 0) is 19.3 Å². The Morgan fingerprint density at radius 1 is 1.32 bits per heavy atom. The molecule has 25 heavy (non-hydrogen) atoms. The fourth-order valence-electron chi connectivity index (χ4n) is 4.70. The Morgan fingerprint density at radius 2 is 2.16 bits per heavy atom. The van der Waals surface area contributed by atoms with Crippen molar-refractivity contribution < 1.29 is 15.0 Å². The molecule has 2 fully saturated rings. The molecular weight excluding hydrogens is 322 g/mol. The van der Waals surface area contributed by atoms with Gasteiger partial charge in [0.15, 0.2) is 0 Å². The van der Waals surface area contributed by atoms with Crippen molar-refractivity contribution in [1.29, 1.82) is 0 Å². The van der Waals surface area contributed by atoms with Gasteiger partial charge in [0.05, 0.1) is 12.3 Å². The lowest BCUT2D eigenvalue weighted by Crippen LogP contribution is -2.41. The second kappa shape index (κ2) is 6.10. The topological polar surface area (TPSA) is 102 Å². The van der Waals surface area contributed by atoms with Crippen LogP contribution in [-0.2, 0) is 17.6 Å². The smallest absolute Gasteiger partial charge is 0.313 e. The number of nitrogens with one attached hydrogen (secondary N) is 1. The minimum absolute atomic E-state index is 0.0337. The van der Waals surface area contributed by atoms with E-state index >= 15 is 0 Å². The quantitative estimate of drug-likeness (QED) is 0.674. The minimum Gasteiger partial charge on any atom is -0.481 e. The maximum Gasteiger partial charge on any atom is 0.313 e. The summed E-state index contributed by atoms with van der Waals surface area (Å²) in [7, 11) is 1.87. The third-order valence-corrected chi connectivity index (χ3v) is 5.96. The van der Waals surface area contributed by atoms with Crippen molar-refractivity contribution in [3.8, 4) is 0 Å². The number of aliphatic carboxylic acids is 1. The summed E-state index contributed by atoms with van der Waals surface area (Å²) in [6, 6.07) is 0. The fraction of sp³-hybridized carbons (Fsp3) is 0.706. The number of carboxylic acids is 1. The Morgan fingerprint density at radius 3 is 2.84 bits per heavy atom. The van der Waals surface area contributed by atoms with Gasteiger partial charge < -0.3 is 20.4 Å². The van der Waals surface area contributed by atoms with Crippen molar-refractivity contribution in [3.63, 3.8) is 0 Å². The summed E-state index contributed by atoms with van der Waals surface area (Å²) in [6.07, 6.45) is 3.06. The molecule has 0 spiro atoms. The standard InChI is InChI=1S/C17H25N5O3/c1-18-14-12-3-2-4-13(12)19-16(20-14)22-8-11-7-21(5-6-23)9-17(11,10-22)15(24)25/h11,23H,2-10H2,1H3,(H,24,25)(H,18,19,20)/t11-,17-/m1/s1. The molecule has 0 radical (unpaired) electrons. The zero-order chi connectivity index (χ0) is 17.6. The third-order valence-electron chi connectivity index (χ3n) is 5.96. The summed E-state index contributed by atoms with van der Waals surface area (Å²) in [4.78, 5) is 25.6. The number of aliphatic hydroxyl groups is 1. The van der Waals surface area contributed by atoms with Crippen LogP contribution in [0.3, 0.4) is 0 Å². The predicted molar refractivity (Wildman–Crippen MR) is 92.9 cm³/mol. The van der Waals surface area contributed by atoms with Crippen LogP contribution in [-0.4, -0.2) is 77.4 Å². The highest BCUT2D eigenvalue weighted by atomic mass is 16.4. The molecule has 2 aliphatic heterocycles.